The molecule has 2 nitrogen and oxygen atoms in total. The predicted octanol–water partition coefficient (Wildman–Crippen LogP) is 3.00. The molecule has 1 rings (SSSR count). The van der Waals surface area contributed by atoms with E-state index >= 15 is 0 Å². The third-order valence-electron chi connectivity index (χ3n) is 2.20. The number of hydrogen-bond donors (Lipinski definition) is 1. The summed E-state index contributed by atoms with van der Waals surface area (Å²) in [6, 6.07) is 3.87. The van der Waals surface area contributed by atoms with Crippen LogP contribution in [0.4, 0.5) is 0 Å². The molecule has 0 saturated carbocycles. The Kier molecular flexibility index (Phi) is 3.69. The maximum absolute atomic E-state index is 5.30. The smallest absolute Gasteiger partial charge is 0.127 e. The van der Waals surface area contributed by atoms with Gasteiger partial charge >= 0.3 is 0 Å². The van der Waals surface area contributed by atoms with Gasteiger partial charge in [0.05, 0.1) is 14.2 Å². The van der Waals surface area contributed by atoms with Crippen LogP contribution in [0, 0.1) is 6.92 Å². The molecule has 0 amide bonds. The van der Waals surface area contributed by atoms with Gasteiger partial charge in [-0.3, -0.25) is 0 Å². The van der Waals surface area contributed by atoms with Crippen molar-refractivity contribution >= 4 is 12.6 Å². The highest BCUT2D eigenvalue weighted by molar-refractivity contribution is 7.80. The van der Waals surface area contributed by atoms with E-state index in [4.69, 9.17) is 9.47 Å². The minimum absolute atomic E-state index is 0.163. The molecule has 1 aromatic rings. The Bertz CT molecular complexity index is 321. The summed E-state index contributed by atoms with van der Waals surface area (Å²) in [5.74, 6) is 1.65. The Morgan fingerprint density at radius 1 is 1.21 bits per heavy atom. The van der Waals surface area contributed by atoms with E-state index in [-0.39, 0.29) is 5.25 Å². The SMILES string of the molecule is COc1cc(C)c(C(C)S)c(OC)c1. The largest absolute Gasteiger partial charge is 0.497 e. The van der Waals surface area contributed by atoms with Crippen molar-refractivity contribution < 1.29 is 9.47 Å². The van der Waals surface area contributed by atoms with Crippen LogP contribution in [0.5, 0.6) is 11.5 Å². The summed E-state index contributed by atoms with van der Waals surface area (Å²) in [6.45, 7) is 4.06. The number of benzene rings is 1. The van der Waals surface area contributed by atoms with Crippen LogP contribution in [0.3, 0.4) is 0 Å². The molecule has 0 saturated heterocycles. The van der Waals surface area contributed by atoms with Crippen molar-refractivity contribution in [2.24, 2.45) is 0 Å². The van der Waals surface area contributed by atoms with Crippen LogP contribution in [0.2, 0.25) is 0 Å². The maximum atomic E-state index is 5.30. The first-order chi connectivity index (χ1) is 6.60. The summed E-state index contributed by atoms with van der Waals surface area (Å²) in [5.41, 5.74) is 2.26. The molecule has 0 bridgehead atoms. The van der Waals surface area contributed by atoms with Gasteiger partial charge in [-0.2, -0.15) is 12.6 Å². The fourth-order valence-corrected chi connectivity index (χ4v) is 1.89. The van der Waals surface area contributed by atoms with E-state index in [0.717, 1.165) is 22.6 Å². The van der Waals surface area contributed by atoms with Crippen LogP contribution in [0.1, 0.15) is 23.3 Å². The van der Waals surface area contributed by atoms with Crippen LogP contribution in [0.25, 0.3) is 0 Å². The number of hydrogen-bond acceptors (Lipinski definition) is 3. The Morgan fingerprint density at radius 3 is 2.29 bits per heavy atom. The molecule has 1 aromatic carbocycles. The molecular weight excluding hydrogens is 196 g/mol. The number of methoxy groups -OCH3 is 2. The van der Waals surface area contributed by atoms with Crippen LogP contribution in [-0.4, -0.2) is 14.2 Å². The van der Waals surface area contributed by atoms with E-state index in [1.54, 1.807) is 14.2 Å². The highest BCUT2D eigenvalue weighted by Crippen LogP contribution is 2.35. The second-order valence-corrected chi connectivity index (χ2v) is 4.01. The van der Waals surface area contributed by atoms with E-state index in [1.807, 2.05) is 26.0 Å². The normalized spacial score (nSPS) is 12.4. The molecule has 0 spiro atoms. The van der Waals surface area contributed by atoms with Crippen molar-refractivity contribution in [3.05, 3.63) is 23.3 Å². The first-order valence-electron chi connectivity index (χ1n) is 4.50. The minimum Gasteiger partial charge on any atom is -0.497 e. The van der Waals surface area contributed by atoms with Gasteiger partial charge in [-0.05, 0) is 25.5 Å². The quantitative estimate of drug-likeness (QED) is 0.776. The van der Waals surface area contributed by atoms with E-state index < -0.39 is 0 Å². The van der Waals surface area contributed by atoms with E-state index in [0.29, 0.717) is 0 Å². The molecular formula is C11H16O2S. The van der Waals surface area contributed by atoms with Gasteiger partial charge in [0.25, 0.3) is 0 Å². The first-order valence-corrected chi connectivity index (χ1v) is 5.02. The Balaban J connectivity index is 3.27. The average Bonchev–Trinajstić information content (AvgIpc) is 2.15. The lowest BCUT2D eigenvalue weighted by Crippen LogP contribution is -1.97. The predicted molar refractivity (Wildman–Crippen MR) is 61.7 cm³/mol. The lowest BCUT2D eigenvalue weighted by Gasteiger charge is -2.15. The molecule has 0 N–H and O–H groups in total. The van der Waals surface area contributed by atoms with Crippen LogP contribution >= 0.6 is 12.6 Å². The summed E-state index contributed by atoms with van der Waals surface area (Å²) in [4.78, 5) is 0. The molecule has 1 atom stereocenters. The number of rotatable bonds is 3. The third kappa shape index (κ3) is 2.15. The lowest BCUT2D eigenvalue weighted by molar-refractivity contribution is 0.390. The number of thiol groups is 1. The van der Waals surface area contributed by atoms with Gasteiger partial charge in [0.1, 0.15) is 11.5 Å². The molecule has 0 aliphatic carbocycles. The molecule has 3 heteroatoms. The third-order valence-corrected chi connectivity index (χ3v) is 2.45. The molecule has 0 heterocycles. The van der Waals surface area contributed by atoms with Crippen LogP contribution < -0.4 is 9.47 Å². The molecule has 78 valence electrons. The molecule has 0 fully saturated rings. The lowest BCUT2D eigenvalue weighted by atomic mass is 10.0. The zero-order valence-corrected chi connectivity index (χ0v) is 9.89. The first kappa shape index (κ1) is 11.2. The summed E-state index contributed by atoms with van der Waals surface area (Å²) >= 11 is 4.42. The number of aryl methyl sites for hydroxylation is 1. The van der Waals surface area contributed by atoms with Crippen molar-refractivity contribution in [3.8, 4) is 11.5 Å². The summed E-state index contributed by atoms with van der Waals surface area (Å²) in [6.07, 6.45) is 0. The molecule has 1 unspecified atom stereocenters. The second kappa shape index (κ2) is 4.60. The van der Waals surface area contributed by atoms with Gasteiger partial charge in [-0.1, -0.05) is 0 Å². The highest BCUT2D eigenvalue weighted by Gasteiger charge is 2.12. The van der Waals surface area contributed by atoms with E-state index in [1.165, 1.54) is 0 Å². The Labute approximate surface area is 90.6 Å². The summed E-state index contributed by atoms with van der Waals surface area (Å²) in [7, 11) is 3.31. The van der Waals surface area contributed by atoms with E-state index in [9.17, 15) is 0 Å². The number of ether oxygens (including phenoxy) is 2. The van der Waals surface area contributed by atoms with Crippen molar-refractivity contribution in [1.29, 1.82) is 0 Å². The molecule has 0 aliphatic rings. The monoisotopic (exact) mass is 212 g/mol. The zero-order chi connectivity index (χ0) is 10.7. The van der Waals surface area contributed by atoms with Gasteiger partial charge in [0, 0.05) is 16.9 Å². The van der Waals surface area contributed by atoms with Gasteiger partial charge in [-0.25, -0.2) is 0 Å². The van der Waals surface area contributed by atoms with Crippen molar-refractivity contribution in [2.45, 2.75) is 19.1 Å². The van der Waals surface area contributed by atoms with Crippen molar-refractivity contribution in [1.82, 2.24) is 0 Å². The summed E-state index contributed by atoms with van der Waals surface area (Å²) < 4.78 is 10.5. The van der Waals surface area contributed by atoms with Crippen LogP contribution in [0.15, 0.2) is 12.1 Å². The fourth-order valence-electron chi connectivity index (χ4n) is 1.56. The van der Waals surface area contributed by atoms with Gasteiger partial charge in [0.15, 0.2) is 0 Å². The Hall–Kier alpha value is -0.830. The minimum atomic E-state index is 0.163. The zero-order valence-electron chi connectivity index (χ0n) is 9.00. The maximum Gasteiger partial charge on any atom is 0.127 e. The second-order valence-electron chi connectivity index (χ2n) is 3.24. The van der Waals surface area contributed by atoms with Crippen molar-refractivity contribution in [2.75, 3.05) is 14.2 Å². The fraction of sp³-hybridized carbons (Fsp3) is 0.455. The molecule has 0 aromatic heterocycles. The Morgan fingerprint density at radius 2 is 1.86 bits per heavy atom. The van der Waals surface area contributed by atoms with Crippen LogP contribution in [-0.2, 0) is 0 Å². The highest BCUT2D eigenvalue weighted by atomic mass is 32.1. The molecule has 0 radical (unpaired) electrons. The van der Waals surface area contributed by atoms with Gasteiger partial charge in [-0.15, -0.1) is 0 Å². The topological polar surface area (TPSA) is 18.5 Å². The van der Waals surface area contributed by atoms with Crippen molar-refractivity contribution in [3.63, 3.8) is 0 Å². The molecule has 0 aliphatic heterocycles. The van der Waals surface area contributed by atoms with E-state index in [2.05, 4.69) is 12.6 Å². The van der Waals surface area contributed by atoms with Gasteiger partial charge in [0.2, 0.25) is 0 Å². The average molecular weight is 212 g/mol. The standard InChI is InChI=1S/C11H16O2S/c1-7-5-9(12-3)6-10(13-4)11(7)8(2)14/h5-6,8,14H,1-4H3. The summed E-state index contributed by atoms with van der Waals surface area (Å²) in [5, 5.41) is 0.163. The molecule has 14 heavy (non-hydrogen) atoms. The van der Waals surface area contributed by atoms with Gasteiger partial charge < -0.3 is 9.47 Å².